The fraction of sp³-hybridized carbons (Fsp3) is 0.444. The Balaban J connectivity index is 1.77. The van der Waals surface area contributed by atoms with Crippen LogP contribution in [0.25, 0.3) is 10.9 Å². The van der Waals surface area contributed by atoms with Crippen molar-refractivity contribution in [2.24, 2.45) is 0 Å². The molecule has 1 aliphatic heterocycles. The maximum atomic E-state index is 12.2. The third-order valence-corrected chi connectivity index (χ3v) is 4.51. The zero-order valence-electron chi connectivity index (χ0n) is 13.6. The Labute approximate surface area is 135 Å². The van der Waals surface area contributed by atoms with Gasteiger partial charge in [0, 0.05) is 30.6 Å². The molecule has 0 bridgehead atoms. The Morgan fingerprint density at radius 1 is 1.17 bits per heavy atom. The number of hydrogen-bond acceptors (Lipinski definition) is 3. The van der Waals surface area contributed by atoms with Crippen molar-refractivity contribution in [2.75, 3.05) is 26.3 Å². The first-order valence-electron chi connectivity index (χ1n) is 8.03. The van der Waals surface area contributed by atoms with E-state index in [1.807, 2.05) is 24.0 Å². The molecule has 23 heavy (non-hydrogen) atoms. The third-order valence-electron chi connectivity index (χ3n) is 4.51. The van der Waals surface area contributed by atoms with Crippen LogP contribution in [0.3, 0.4) is 0 Å². The number of carbonyl (C=O) groups is 1. The molecule has 1 fully saturated rings. The summed E-state index contributed by atoms with van der Waals surface area (Å²) in [7, 11) is 0. The Morgan fingerprint density at radius 2 is 1.87 bits per heavy atom. The van der Waals surface area contributed by atoms with Gasteiger partial charge in [-0.3, -0.25) is 9.59 Å². The second-order valence-electron chi connectivity index (χ2n) is 6.14. The Hall–Kier alpha value is -2.14. The van der Waals surface area contributed by atoms with E-state index in [9.17, 15) is 9.59 Å². The van der Waals surface area contributed by atoms with E-state index in [0.717, 1.165) is 16.5 Å². The molecule has 0 unspecified atom stereocenters. The summed E-state index contributed by atoms with van der Waals surface area (Å²) in [6.45, 7) is 6.57. The smallest absolute Gasteiger partial charge is 0.251 e. The number of ether oxygens (including phenoxy) is 1. The van der Waals surface area contributed by atoms with Crippen LogP contribution in [0, 0.1) is 13.8 Å². The summed E-state index contributed by atoms with van der Waals surface area (Å²) in [5, 5.41) is 1.02. The highest BCUT2D eigenvalue weighted by molar-refractivity contribution is 5.81. The van der Waals surface area contributed by atoms with Crippen LogP contribution in [-0.2, 0) is 16.0 Å². The van der Waals surface area contributed by atoms with E-state index in [1.165, 1.54) is 5.56 Å². The van der Waals surface area contributed by atoms with Gasteiger partial charge in [-0.15, -0.1) is 0 Å². The van der Waals surface area contributed by atoms with Gasteiger partial charge in [-0.05, 0) is 55.0 Å². The molecular formula is C18H22N2O3. The molecule has 5 heteroatoms. The lowest BCUT2D eigenvalue weighted by Crippen LogP contribution is -2.40. The SMILES string of the molecule is Cc1cc2cc(CCC(=O)N3CCOCC3)c(=O)[nH]c2cc1C. The molecule has 0 atom stereocenters. The van der Waals surface area contributed by atoms with Crippen molar-refractivity contribution >= 4 is 16.8 Å². The van der Waals surface area contributed by atoms with Crippen molar-refractivity contribution in [3.63, 3.8) is 0 Å². The molecule has 0 spiro atoms. The van der Waals surface area contributed by atoms with Gasteiger partial charge in [-0.25, -0.2) is 0 Å². The first-order chi connectivity index (χ1) is 11.0. The van der Waals surface area contributed by atoms with E-state index in [4.69, 9.17) is 4.74 Å². The number of H-pyrrole nitrogens is 1. The first kappa shape index (κ1) is 15.7. The van der Waals surface area contributed by atoms with Crippen molar-refractivity contribution in [1.29, 1.82) is 0 Å². The van der Waals surface area contributed by atoms with Gasteiger partial charge in [-0.2, -0.15) is 0 Å². The molecule has 1 aromatic heterocycles. The van der Waals surface area contributed by atoms with Crippen LogP contribution in [0.4, 0.5) is 0 Å². The Morgan fingerprint density at radius 3 is 2.61 bits per heavy atom. The maximum Gasteiger partial charge on any atom is 0.251 e. The minimum absolute atomic E-state index is 0.0906. The number of carbonyl (C=O) groups excluding carboxylic acids is 1. The monoisotopic (exact) mass is 314 g/mol. The molecule has 5 nitrogen and oxygen atoms in total. The average Bonchev–Trinajstić information content (AvgIpc) is 2.55. The lowest BCUT2D eigenvalue weighted by molar-refractivity contribution is -0.135. The van der Waals surface area contributed by atoms with Crippen molar-refractivity contribution in [2.45, 2.75) is 26.7 Å². The predicted octanol–water partition coefficient (Wildman–Crippen LogP) is 1.94. The van der Waals surface area contributed by atoms with Gasteiger partial charge in [0.1, 0.15) is 0 Å². The fourth-order valence-electron chi connectivity index (χ4n) is 2.92. The van der Waals surface area contributed by atoms with Gasteiger partial charge in [0.2, 0.25) is 5.91 Å². The molecule has 1 aromatic carbocycles. The lowest BCUT2D eigenvalue weighted by atomic mass is 10.0. The highest BCUT2D eigenvalue weighted by Crippen LogP contribution is 2.17. The number of morpholine rings is 1. The number of fused-ring (bicyclic) bond motifs is 1. The van der Waals surface area contributed by atoms with Crippen LogP contribution >= 0.6 is 0 Å². The van der Waals surface area contributed by atoms with Crippen molar-refractivity contribution < 1.29 is 9.53 Å². The molecule has 122 valence electrons. The molecule has 2 aromatic rings. The molecule has 1 saturated heterocycles. The molecule has 0 saturated carbocycles. The Kier molecular flexibility index (Phi) is 4.48. The zero-order valence-corrected chi connectivity index (χ0v) is 13.6. The van der Waals surface area contributed by atoms with Gasteiger partial charge in [0.15, 0.2) is 0 Å². The number of amides is 1. The van der Waals surface area contributed by atoms with Crippen molar-refractivity contribution in [1.82, 2.24) is 9.88 Å². The van der Waals surface area contributed by atoms with Gasteiger partial charge in [0.05, 0.1) is 13.2 Å². The summed E-state index contributed by atoms with van der Waals surface area (Å²) >= 11 is 0. The quantitative estimate of drug-likeness (QED) is 0.942. The molecular weight excluding hydrogens is 292 g/mol. The number of aryl methyl sites for hydroxylation is 3. The number of aromatic amines is 1. The summed E-state index contributed by atoms with van der Waals surface area (Å²) < 4.78 is 5.25. The minimum atomic E-state index is -0.101. The molecule has 1 N–H and O–H groups in total. The molecule has 1 aliphatic rings. The zero-order chi connectivity index (χ0) is 16.4. The normalized spacial score (nSPS) is 15.1. The summed E-state index contributed by atoms with van der Waals surface area (Å²) in [6.07, 6.45) is 0.827. The van der Waals surface area contributed by atoms with Gasteiger partial charge in [-0.1, -0.05) is 0 Å². The number of nitrogens with one attached hydrogen (secondary N) is 1. The van der Waals surface area contributed by atoms with E-state index < -0.39 is 0 Å². The van der Waals surface area contributed by atoms with Crippen LogP contribution < -0.4 is 5.56 Å². The van der Waals surface area contributed by atoms with Gasteiger partial charge < -0.3 is 14.6 Å². The number of benzene rings is 1. The van der Waals surface area contributed by atoms with Crippen LogP contribution in [0.1, 0.15) is 23.1 Å². The van der Waals surface area contributed by atoms with Crippen LogP contribution in [0.5, 0.6) is 0 Å². The topological polar surface area (TPSA) is 62.4 Å². The average molecular weight is 314 g/mol. The van der Waals surface area contributed by atoms with E-state index in [0.29, 0.717) is 44.7 Å². The number of pyridine rings is 1. The summed E-state index contributed by atoms with van der Waals surface area (Å²) in [5.41, 5.74) is 3.77. The van der Waals surface area contributed by atoms with E-state index in [1.54, 1.807) is 0 Å². The fourth-order valence-corrected chi connectivity index (χ4v) is 2.92. The van der Waals surface area contributed by atoms with Crippen molar-refractivity contribution in [3.8, 4) is 0 Å². The number of rotatable bonds is 3. The minimum Gasteiger partial charge on any atom is -0.378 e. The molecule has 1 amide bonds. The van der Waals surface area contributed by atoms with E-state index in [-0.39, 0.29) is 11.5 Å². The predicted molar refractivity (Wildman–Crippen MR) is 89.8 cm³/mol. The van der Waals surface area contributed by atoms with Crippen LogP contribution in [0.15, 0.2) is 23.0 Å². The number of nitrogens with zero attached hydrogens (tertiary/aromatic N) is 1. The summed E-state index contributed by atoms with van der Waals surface area (Å²) in [4.78, 5) is 29.2. The van der Waals surface area contributed by atoms with E-state index in [2.05, 4.69) is 18.0 Å². The van der Waals surface area contributed by atoms with Crippen LogP contribution in [0.2, 0.25) is 0 Å². The summed E-state index contributed by atoms with van der Waals surface area (Å²) in [5.74, 6) is 0.0906. The molecule has 0 radical (unpaired) electrons. The summed E-state index contributed by atoms with van der Waals surface area (Å²) in [6, 6.07) is 5.98. The highest BCUT2D eigenvalue weighted by atomic mass is 16.5. The van der Waals surface area contributed by atoms with Gasteiger partial charge >= 0.3 is 0 Å². The van der Waals surface area contributed by atoms with E-state index >= 15 is 0 Å². The van der Waals surface area contributed by atoms with Gasteiger partial charge in [0.25, 0.3) is 5.56 Å². The number of hydrogen-bond donors (Lipinski definition) is 1. The molecule has 3 rings (SSSR count). The standard InChI is InChI=1S/C18H22N2O3/c1-12-9-15-11-14(18(22)19-16(15)10-13(12)2)3-4-17(21)20-5-7-23-8-6-20/h9-11H,3-8H2,1-2H3,(H,19,22). The number of aromatic nitrogens is 1. The third kappa shape index (κ3) is 3.45. The van der Waals surface area contributed by atoms with Crippen LogP contribution in [-0.4, -0.2) is 42.1 Å². The van der Waals surface area contributed by atoms with Crippen molar-refractivity contribution in [3.05, 3.63) is 45.2 Å². The molecule has 0 aliphatic carbocycles. The second-order valence-corrected chi connectivity index (χ2v) is 6.14. The largest absolute Gasteiger partial charge is 0.378 e. The highest BCUT2D eigenvalue weighted by Gasteiger charge is 2.17. The molecule has 2 heterocycles. The Bertz CT molecular complexity index is 789. The maximum absolute atomic E-state index is 12.2. The second kappa shape index (κ2) is 6.54. The lowest BCUT2D eigenvalue weighted by Gasteiger charge is -2.26. The first-order valence-corrected chi connectivity index (χ1v) is 8.03.